The van der Waals surface area contributed by atoms with Crippen molar-refractivity contribution in [1.82, 2.24) is 4.98 Å². The third-order valence-corrected chi connectivity index (χ3v) is 3.53. The molecular weight excluding hydrogens is 250 g/mol. The van der Waals surface area contributed by atoms with Gasteiger partial charge in [-0.05, 0) is 30.2 Å². The Labute approximate surface area is 117 Å². The summed E-state index contributed by atoms with van der Waals surface area (Å²) in [6.07, 6.45) is 0.903. The van der Waals surface area contributed by atoms with Crippen molar-refractivity contribution in [3.05, 3.63) is 53.6 Å². The number of aromatic amines is 1. The summed E-state index contributed by atoms with van der Waals surface area (Å²) < 4.78 is 5.29. The zero-order valence-corrected chi connectivity index (χ0v) is 11.4. The van der Waals surface area contributed by atoms with Crippen LogP contribution in [0.15, 0.2) is 42.5 Å². The molecule has 3 heteroatoms. The predicted octanol–water partition coefficient (Wildman–Crippen LogP) is 3.96. The van der Waals surface area contributed by atoms with Crippen LogP contribution in [-0.4, -0.2) is 18.4 Å². The molecule has 0 aliphatic heterocycles. The lowest BCUT2D eigenvalue weighted by Crippen LogP contribution is -1.86. The Balaban J connectivity index is 2.34. The van der Waals surface area contributed by atoms with Crippen molar-refractivity contribution in [2.45, 2.75) is 6.92 Å². The molecule has 0 spiro atoms. The van der Waals surface area contributed by atoms with E-state index < -0.39 is 0 Å². The predicted molar refractivity (Wildman–Crippen MR) is 80.4 cm³/mol. The Morgan fingerprint density at radius 1 is 1.15 bits per heavy atom. The molecule has 0 aliphatic rings. The van der Waals surface area contributed by atoms with Gasteiger partial charge in [0.05, 0.1) is 12.8 Å². The summed E-state index contributed by atoms with van der Waals surface area (Å²) in [4.78, 5) is 14.9. The number of aryl methyl sites for hydroxylation is 1. The number of nitrogens with one attached hydrogen (secondary N) is 1. The van der Waals surface area contributed by atoms with Gasteiger partial charge >= 0.3 is 0 Å². The Morgan fingerprint density at radius 3 is 2.55 bits per heavy atom. The monoisotopic (exact) mass is 265 g/mol. The van der Waals surface area contributed by atoms with Crippen LogP contribution in [0.3, 0.4) is 0 Å². The summed E-state index contributed by atoms with van der Waals surface area (Å²) in [7, 11) is 1.63. The number of rotatable bonds is 3. The van der Waals surface area contributed by atoms with E-state index >= 15 is 0 Å². The number of carbonyl (C=O) groups excluding carboxylic acids is 1. The fourth-order valence-electron chi connectivity index (χ4n) is 2.53. The minimum atomic E-state index is 0.674. The highest BCUT2D eigenvalue weighted by molar-refractivity contribution is 6.05. The summed E-state index contributed by atoms with van der Waals surface area (Å²) in [5.74, 6) is 0.761. The van der Waals surface area contributed by atoms with Crippen LogP contribution < -0.4 is 4.74 Å². The first-order valence-corrected chi connectivity index (χ1v) is 6.45. The van der Waals surface area contributed by atoms with Crippen molar-refractivity contribution in [2.24, 2.45) is 0 Å². The Hall–Kier alpha value is -2.55. The summed E-state index contributed by atoms with van der Waals surface area (Å²) in [6, 6.07) is 13.7. The zero-order chi connectivity index (χ0) is 14.1. The minimum Gasteiger partial charge on any atom is -0.497 e. The fraction of sp³-hybridized carbons (Fsp3) is 0.118. The van der Waals surface area contributed by atoms with E-state index in [4.69, 9.17) is 4.74 Å². The Bertz CT molecular complexity index is 773. The third-order valence-electron chi connectivity index (χ3n) is 3.53. The number of hydrogen-bond acceptors (Lipinski definition) is 2. The maximum absolute atomic E-state index is 11.5. The highest BCUT2D eigenvalue weighted by Crippen LogP contribution is 2.33. The van der Waals surface area contributed by atoms with Crippen LogP contribution in [0.25, 0.3) is 22.2 Å². The van der Waals surface area contributed by atoms with E-state index in [0.29, 0.717) is 5.56 Å². The van der Waals surface area contributed by atoms with E-state index in [9.17, 15) is 4.79 Å². The van der Waals surface area contributed by atoms with Gasteiger partial charge in [-0.2, -0.15) is 0 Å². The number of benzene rings is 2. The molecule has 0 bridgehead atoms. The first-order valence-electron chi connectivity index (χ1n) is 6.45. The van der Waals surface area contributed by atoms with E-state index in [2.05, 4.69) is 4.98 Å². The quantitative estimate of drug-likeness (QED) is 0.728. The number of aldehydes is 1. The number of methoxy groups -OCH3 is 1. The van der Waals surface area contributed by atoms with Gasteiger partial charge in [-0.1, -0.05) is 30.3 Å². The largest absolute Gasteiger partial charge is 0.497 e. The lowest BCUT2D eigenvalue weighted by molar-refractivity contribution is 0.112. The van der Waals surface area contributed by atoms with E-state index in [-0.39, 0.29) is 0 Å². The minimum absolute atomic E-state index is 0.674. The number of hydrogen-bond donors (Lipinski definition) is 1. The molecule has 3 aromatic rings. The highest BCUT2D eigenvalue weighted by atomic mass is 16.5. The van der Waals surface area contributed by atoms with Gasteiger partial charge in [0.25, 0.3) is 0 Å². The van der Waals surface area contributed by atoms with Gasteiger partial charge < -0.3 is 9.72 Å². The molecule has 3 nitrogen and oxygen atoms in total. The second kappa shape index (κ2) is 4.85. The topological polar surface area (TPSA) is 42.1 Å². The molecule has 0 radical (unpaired) electrons. The van der Waals surface area contributed by atoms with E-state index in [1.165, 1.54) is 0 Å². The van der Waals surface area contributed by atoms with E-state index in [0.717, 1.165) is 39.8 Å². The van der Waals surface area contributed by atoms with E-state index in [1.807, 2.05) is 49.4 Å². The zero-order valence-electron chi connectivity index (χ0n) is 11.4. The molecule has 0 atom stereocenters. The molecule has 0 fully saturated rings. The smallest absolute Gasteiger partial charge is 0.152 e. The van der Waals surface area contributed by atoms with Gasteiger partial charge in [0, 0.05) is 16.5 Å². The summed E-state index contributed by atoms with van der Waals surface area (Å²) in [5, 5.41) is 0.899. The molecule has 0 saturated heterocycles. The number of H-pyrrole nitrogens is 1. The highest BCUT2D eigenvalue weighted by Gasteiger charge is 2.14. The fourth-order valence-corrected chi connectivity index (χ4v) is 2.53. The number of aromatic nitrogens is 1. The molecule has 1 aromatic heterocycles. The first kappa shape index (κ1) is 12.5. The van der Waals surface area contributed by atoms with Gasteiger partial charge in [-0.3, -0.25) is 4.79 Å². The molecule has 20 heavy (non-hydrogen) atoms. The second-order valence-electron chi connectivity index (χ2n) is 4.76. The van der Waals surface area contributed by atoms with Crippen molar-refractivity contribution < 1.29 is 9.53 Å². The molecule has 0 saturated carbocycles. The summed E-state index contributed by atoms with van der Waals surface area (Å²) in [6.45, 7) is 2.00. The van der Waals surface area contributed by atoms with Crippen molar-refractivity contribution in [2.75, 3.05) is 7.11 Å². The third kappa shape index (κ3) is 1.88. The molecule has 3 rings (SSSR count). The SMILES string of the molecule is COc1cc(C)c2[nH]c(-c3ccccc3)c(C=O)c2c1. The van der Waals surface area contributed by atoms with Gasteiger partial charge in [0.1, 0.15) is 5.75 Å². The van der Waals surface area contributed by atoms with Gasteiger partial charge in [0.15, 0.2) is 6.29 Å². The molecule has 0 amide bonds. The standard InChI is InChI=1S/C17H15NO2/c1-11-8-13(20-2)9-14-15(10-19)17(18-16(11)14)12-6-4-3-5-7-12/h3-10,18H,1-2H3. The average Bonchev–Trinajstić information content (AvgIpc) is 2.87. The van der Waals surface area contributed by atoms with Gasteiger partial charge in [-0.25, -0.2) is 0 Å². The molecular formula is C17H15NO2. The number of ether oxygens (including phenoxy) is 1. The van der Waals surface area contributed by atoms with Crippen molar-refractivity contribution in [3.8, 4) is 17.0 Å². The summed E-state index contributed by atoms with van der Waals surface area (Å²) >= 11 is 0. The molecule has 100 valence electrons. The van der Waals surface area contributed by atoms with Crippen LogP contribution >= 0.6 is 0 Å². The van der Waals surface area contributed by atoms with Crippen molar-refractivity contribution in [1.29, 1.82) is 0 Å². The lowest BCUT2D eigenvalue weighted by Gasteiger charge is -2.02. The van der Waals surface area contributed by atoms with Gasteiger partial charge in [-0.15, -0.1) is 0 Å². The molecule has 1 N–H and O–H groups in total. The van der Waals surface area contributed by atoms with Crippen LogP contribution in [0, 0.1) is 6.92 Å². The van der Waals surface area contributed by atoms with Crippen molar-refractivity contribution >= 4 is 17.2 Å². The Morgan fingerprint density at radius 2 is 1.90 bits per heavy atom. The van der Waals surface area contributed by atoms with E-state index in [1.54, 1.807) is 7.11 Å². The maximum Gasteiger partial charge on any atom is 0.152 e. The molecule has 0 aliphatic carbocycles. The van der Waals surface area contributed by atoms with Crippen LogP contribution in [0.2, 0.25) is 0 Å². The normalized spacial score (nSPS) is 10.7. The second-order valence-corrected chi connectivity index (χ2v) is 4.76. The molecule has 1 heterocycles. The molecule has 2 aromatic carbocycles. The average molecular weight is 265 g/mol. The number of carbonyl (C=O) groups is 1. The van der Waals surface area contributed by atoms with Crippen LogP contribution in [-0.2, 0) is 0 Å². The van der Waals surface area contributed by atoms with Crippen LogP contribution in [0.4, 0.5) is 0 Å². The van der Waals surface area contributed by atoms with Crippen LogP contribution in [0.1, 0.15) is 15.9 Å². The number of fused-ring (bicyclic) bond motifs is 1. The van der Waals surface area contributed by atoms with Crippen molar-refractivity contribution in [3.63, 3.8) is 0 Å². The maximum atomic E-state index is 11.5. The lowest BCUT2D eigenvalue weighted by atomic mass is 10.0. The van der Waals surface area contributed by atoms with Crippen LogP contribution in [0.5, 0.6) is 5.75 Å². The Kier molecular flexibility index (Phi) is 3.03. The summed E-state index contributed by atoms with van der Waals surface area (Å²) in [5.41, 5.74) is 4.57. The molecule has 0 unspecified atom stereocenters. The van der Waals surface area contributed by atoms with Gasteiger partial charge in [0.2, 0.25) is 0 Å². The first-order chi connectivity index (χ1) is 9.74.